The minimum atomic E-state index is -1.46. The molecular weight excluding hydrogens is 494 g/mol. The highest BCUT2D eigenvalue weighted by atomic mass is 16.5. The molecule has 0 spiro atoms. The monoisotopic (exact) mass is 527 g/mol. The number of rotatable bonds is 10. The van der Waals surface area contributed by atoms with Crippen molar-refractivity contribution in [1.29, 1.82) is 0 Å². The summed E-state index contributed by atoms with van der Waals surface area (Å²) in [5.74, 6) is 0.947. The molecule has 0 unspecified atom stereocenters. The maximum absolute atomic E-state index is 12.5. The van der Waals surface area contributed by atoms with Gasteiger partial charge >= 0.3 is 0 Å². The Balaban J connectivity index is 1.57. The summed E-state index contributed by atoms with van der Waals surface area (Å²) in [6.07, 6.45) is 2.61. The van der Waals surface area contributed by atoms with E-state index < -0.39 is 11.6 Å². The fraction of sp³-hybridized carbons (Fsp3) is 0.139. The SMILES string of the molecule is CCCOc1ccc(-c2ccc(O)c(C=N[C@H](c3ccccc3)C(O)(c3ccccc3)c3ccccc3)c2)cc1. The van der Waals surface area contributed by atoms with Crippen LogP contribution in [0, 0.1) is 0 Å². The Morgan fingerprint density at radius 1 is 0.725 bits per heavy atom. The lowest BCUT2D eigenvalue weighted by Gasteiger charge is -2.35. The average molecular weight is 528 g/mol. The molecule has 4 nitrogen and oxygen atoms in total. The molecule has 1 atom stereocenters. The quantitative estimate of drug-likeness (QED) is 0.181. The fourth-order valence-electron chi connectivity index (χ4n) is 4.89. The molecule has 5 aromatic rings. The van der Waals surface area contributed by atoms with Crippen LogP contribution in [0.3, 0.4) is 0 Å². The van der Waals surface area contributed by atoms with Crippen molar-refractivity contribution in [3.8, 4) is 22.6 Å². The van der Waals surface area contributed by atoms with Crippen LogP contribution in [0.5, 0.6) is 11.5 Å². The summed E-state index contributed by atoms with van der Waals surface area (Å²) in [5, 5.41) is 23.3. The van der Waals surface area contributed by atoms with E-state index in [4.69, 9.17) is 9.73 Å². The maximum atomic E-state index is 12.5. The summed E-state index contributed by atoms with van der Waals surface area (Å²) in [7, 11) is 0. The van der Waals surface area contributed by atoms with Gasteiger partial charge in [0, 0.05) is 11.8 Å². The summed E-state index contributed by atoms with van der Waals surface area (Å²) in [4.78, 5) is 4.98. The first-order chi connectivity index (χ1) is 19.6. The molecule has 0 heterocycles. The second-order valence-corrected chi connectivity index (χ2v) is 9.74. The molecular formula is C36H33NO3. The second kappa shape index (κ2) is 12.5. The number of benzene rings is 5. The predicted molar refractivity (Wildman–Crippen MR) is 162 cm³/mol. The van der Waals surface area contributed by atoms with Crippen LogP contribution in [-0.2, 0) is 5.60 Å². The van der Waals surface area contributed by atoms with Crippen LogP contribution in [0.4, 0.5) is 0 Å². The van der Waals surface area contributed by atoms with Crippen molar-refractivity contribution in [3.05, 3.63) is 156 Å². The van der Waals surface area contributed by atoms with Gasteiger partial charge in [-0.25, -0.2) is 0 Å². The third-order valence-electron chi connectivity index (χ3n) is 6.99. The van der Waals surface area contributed by atoms with Crippen LogP contribution in [0.15, 0.2) is 138 Å². The first-order valence-corrected chi connectivity index (χ1v) is 13.6. The van der Waals surface area contributed by atoms with Gasteiger partial charge in [-0.2, -0.15) is 0 Å². The van der Waals surface area contributed by atoms with Gasteiger partial charge in [0.1, 0.15) is 23.1 Å². The van der Waals surface area contributed by atoms with Crippen molar-refractivity contribution in [2.24, 2.45) is 4.99 Å². The number of hydrogen-bond donors (Lipinski definition) is 2. The predicted octanol–water partition coefficient (Wildman–Crippen LogP) is 7.94. The number of ether oxygens (including phenoxy) is 1. The standard InChI is InChI=1S/C36H33NO3/c1-2-24-40-33-21-18-27(19-22-33)29-20-23-34(38)30(25-29)26-37-35(28-12-6-3-7-13-28)36(39,31-14-8-4-9-15-31)32-16-10-5-11-17-32/h3-23,25-26,35,38-39H,2,24H2,1H3/t35-/m1/s1. The zero-order valence-corrected chi connectivity index (χ0v) is 22.5. The lowest BCUT2D eigenvalue weighted by Crippen LogP contribution is -2.34. The largest absolute Gasteiger partial charge is 0.507 e. The van der Waals surface area contributed by atoms with E-state index in [9.17, 15) is 10.2 Å². The maximum Gasteiger partial charge on any atom is 0.141 e. The summed E-state index contributed by atoms with van der Waals surface area (Å²) in [6.45, 7) is 2.76. The van der Waals surface area contributed by atoms with Gasteiger partial charge in [0.25, 0.3) is 0 Å². The van der Waals surface area contributed by atoms with E-state index in [1.165, 1.54) is 0 Å². The number of aliphatic hydroxyl groups is 1. The Bertz CT molecular complexity index is 1490. The van der Waals surface area contributed by atoms with E-state index in [0.717, 1.165) is 40.0 Å². The molecule has 200 valence electrons. The molecule has 0 saturated carbocycles. The molecule has 0 fully saturated rings. The molecule has 0 aliphatic rings. The number of aliphatic imine (C=N–C) groups is 1. The molecule has 5 aromatic carbocycles. The van der Waals surface area contributed by atoms with E-state index >= 15 is 0 Å². The molecule has 40 heavy (non-hydrogen) atoms. The van der Waals surface area contributed by atoms with E-state index in [1.54, 1.807) is 12.3 Å². The number of phenols is 1. The van der Waals surface area contributed by atoms with Crippen LogP contribution >= 0.6 is 0 Å². The highest BCUT2D eigenvalue weighted by molar-refractivity contribution is 5.86. The van der Waals surface area contributed by atoms with E-state index in [-0.39, 0.29) is 5.75 Å². The fourth-order valence-corrected chi connectivity index (χ4v) is 4.89. The van der Waals surface area contributed by atoms with Crippen molar-refractivity contribution < 1.29 is 14.9 Å². The summed E-state index contributed by atoms with van der Waals surface area (Å²) in [6, 6.07) is 41.7. The van der Waals surface area contributed by atoms with Crippen LogP contribution in [0.25, 0.3) is 11.1 Å². The van der Waals surface area contributed by atoms with E-state index in [0.29, 0.717) is 12.2 Å². The van der Waals surface area contributed by atoms with Gasteiger partial charge in [-0.1, -0.05) is 116 Å². The highest BCUT2D eigenvalue weighted by Gasteiger charge is 2.41. The number of nitrogens with zero attached hydrogens (tertiary/aromatic N) is 1. The zero-order chi connectivity index (χ0) is 27.8. The molecule has 4 heteroatoms. The van der Waals surface area contributed by atoms with Gasteiger partial charge in [0.15, 0.2) is 0 Å². The average Bonchev–Trinajstić information content (AvgIpc) is 3.02. The molecule has 0 saturated heterocycles. The molecule has 0 aromatic heterocycles. The van der Waals surface area contributed by atoms with Crippen LogP contribution < -0.4 is 4.74 Å². The second-order valence-electron chi connectivity index (χ2n) is 9.74. The van der Waals surface area contributed by atoms with Crippen LogP contribution in [0.1, 0.15) is 41.6 Å². The minimum Gasteiger partial charge on any atom is -0.507 e. The van der Waals surface area contributed by atoms with Gasteiger partial charge in [0.2, 0.25) is 0 Å². The van der Waals surface area contributed by atoms with Gasteiger partial charge in [0.05, 0.1) is 6.61 Å². The minimum absolute atomic E-state index is 0.116. The third-order valence-corrected chi connectivity index (χ3v) is 6.99. The smallest absolute Gasteiger partial charge is 0.141 e. The van der Waals surface area contributed by atoms with Crippen LogP contribution in [-0.4, -0.2) is 23.0 Å². The molecule has 0 amide bonds. The van der Waals surface area contributed by atoms with Gasteiger partial charge < -0.3 is 14.9 Å². The summed E-state index contributed by atoms with van der Waals surface area (Å²) in [5.41, 5.74) is 3.37. The Morgan fingerprint density at radius 2 is 1.27 bits per heavy atom. The van der Waals surface area contributed by atoms with Gasteiger partial charge in [-0.3, -0.25) is 4.99 Å². The lowest BCUT2D eigenvalue weighted by atomic mass is 9.77. The summed E-state index contributed by atoms with van der Waals surface area (Å²) >= 11 is 0. The topological polar surface area (TPSA) is 62.0 Å². The van der Waals surface area contributed by atoms with E-state index in [1.807, 2.05) is 127 Å². The Hall–Kier alpha value is -4.67. The first-order valence-electron chi connectivity index (χ1n) is 13.6. The van der Waals surface area contributed by atoms with Crippen molar-refractivity contribution in [2.45, 2.75) is 25.0 Å². The molecule has 2 N–H and O–H groups in total. The normalized spacial score (nSPS) is 12.3. The Morgan fingerprint density at radius 3 is 1.85 bits per heavy atom. The van der Waals surface area contributed by atoms with Crippen LogP contribution in [0.2, 0.25) is 0 Å². The lowest BCUT2D eigenvalue weighted by molar-refractivity contribution is 0.0523. The zero-order valence-electron chi connectivity index (χ0n) is 22.5. The Kier molecular flexibility index (Phi) is 8.38. The summed E-state index contributed by atoms with van der Waals surface area (Å²) < 4.78 is 5.72. The Labute approximate surface area is 235 Å². The highest BCUT2D eigenvalue weighted by Crippen LogP contribution is 2.43. The number of aromatic hydroxyl groups is 1. The molecule has 5 rings (SSSR count). The number of phenolic OH excluding ortho intramolecular Hbond substituents is 1. The molecule has 0 aliphatic heterocycles. The molecule has 0 bridgehead atoms. The van der Waals surface area contributed by atoms with Crippen molar-refractivity contribution in [3.63, 3.8) is 0 Å². The van der Waals surface area contributed by atoms with Gasteiger partial charge in [-0.05, 0) is 58.5 Å². The van der Waals surface area contributed by atoms with E-state index in [2.05, 4.69) is 6.92 Å². The molecule has 0 aliphatic carbocycles. The van der Waals surface area contributed by atoms with Gasteiger partial charge in [-0.15, -0.1) is 0 Å². The first kappa shape index (κ1) is 26.9. The number of hydrogen-bond acceptors (Lipinski definition) is 4. The van der Waals surface area contributed by atoms with Crippen molar-refractivity contribution in [2.75, 3.05) is 6.61 Å². The molecule has 0 radical (unpaired) electrons. The third kappa shape index (κ3) is 5.83. The van der Waals surface area contributed by atoms with Crippen molar-refractivity contribution >= 4 is 6.21 Å². The van der Waals surface area contributed by atoms with Crippen molar-refractivity contribution in [1.82, 2.24) is 0 Å².